The molecule has 2 aliphatic rings. The van der Waals surface area contributed by atoms with Crippen molar-refractivity contribution in [3.05, 3.63) is 35.9 Å². The van der Waals surface area contributed by atoms with Crippen molar-refractivity contribution in [1.82, 2.24) is 10.2 Å². The zero-order valence-electron chi connectivity index (χ0n) is 12.7. The topological polar surface area (TPSA) is 15.3 Å². The van der Waals surface area contributed by atoms with Crippen LogP contribution in [0.15, 0.2) is 30.3 Å². The molecule has 1 aliphatic heterocycles. The zero-order chi connectivity index (χ0) is 13.8. The highest BCUT2D eigenvalue weighted by molar-refractivity contribution is 5.14. The summed E-state index contributed by atoms with van der Waals surface area (Å²) in [4.78, 5) is 2.60. The van der Waals surface area contributed by atoms with Crippen molar-refractivity contribution in [2.24, 2.45) is 5.92 Å². The van der Waals surface area contributed by atoms with Gasteiger partial charge in [0, 0.05) is 31.7 Å². The fraction of sp³-hybridized carbons (Fsp3) is 0.667. The van der Waals surface area contributed by atoms with Crippen LogP contribution in [-0.2, 0) is 6.54 Å². The third-order valence-electron chi connectivity index (χ3n) is 4.93. The molecular weight excluding hydrogens is 244 g/mol. The lowest BCUT2D eigenvalue weighted by Crippen LogP contribution is -2.42. The van der Waals surface area contributed by atoms with Crippen LogP contribution in [0.2, 0.25) is 0 Å². The van der Waals surface area contributed by atoms with Crippen LogP contribution in [-0.4, -0.2) is 30.1 Å². The Kier molecular flexibility index (Phi) is 4.74. The molecule has 0 bridgehead atoms. The van der Waals surface area contributed by atoms with E-state index in [0.717, 1.165) is 18.5 Å². The SMILES string of the molecule is CC1CCCC(NC2CCN(Cc3ccccc3)C2)C1. The van der Waals surface area contributed by atoms with Crippen LogP contribution in [0, 0.1) is 5.92 Å². The highest BCUT2D eigenvalue weighted by Crippen LogP contribution is 2.25. The van der Waals surface area contributed by atoms with Crippen LogP contribution < -0.4 is 5.32 Å². The second-order valence-corrected chi connectivity index (χ2v) is 6.84. The minimum Gasteiger partial charge on any atom is -0.310 e. The van der Waals surface area contributed by atoms with E-state index in [0.29, 0.717) is 6.04 Å². The molecule has 2 heteroatoms. The van der Waals surface area contributed by atoms with Gasteiger partial charge in [0.1, 0.15) is 0 Å². The van der Waals surface area contributed by atoms with E-state index in [-0.39, 0.29) is 0 Å². The molecule has 20 heavy (non-hydrogen) atoms. The lowest BCUT2D eigenvalue weighted by atomic mass is 9.87. The van der Waals surface area contributed by atoms with Gasteiger partial charge in [-0.15, -0.1) is 0 Å². The average Bonchev–Trinajstić information content (AvgIpc) is 2.87. The average molecular weight is 272 g/mol. The van der Waals surface area contributed by atoms with Crippen molar-refractivity contribution in [1.29, 1.82) is 0 Å². The first-order valence-corrected chi connectivity index (χ1v) is 8.32. The third kappa shape index (κ3) is 3.83. The Hall–Kier alpha value is -0.860. The molecule has 3 unspecified atom stereocenters. The summed E-state index contributed by atoms with van der Waals surface area (Å²) in [5.41, 5.74) is 1.44. The Labute approximate surface area is 123 Å². The van der Waals surface area contributed by atoms with E-state index in [1.54, 1.807) is 0 Å². The van der Waals surface area contributed by atoms with Gasteiger partial charge in [-0.3, -0.25) is 4.90 Å². The molecule has 1 aromatic carbocycles. The first-order chi connectivity index (χ1) is 9.79. The number of benzene rings is 1. The fourth-order valence-electron chi connectivity index (χ4n) is 3.87. The standard InChI is InChI=1S/C18H28N2/c1-15-6-5-9-17(12-15)19-18-10-11-20(14-18)13-16-7-3-2-4-8-16/h2-4,7-8,15,17-19H,5-6,9-14H2,1H3. The molecule has 1 saturated heterocycles. The molecular formula is C18H28N2. The number of likely N-dealkylation sites (tertiary alicyclic amines) is 1. The van der Waals surface area contributed by atoms with Gasteiger partial charge < -0.3 is 5.32 Å². The van der Waals surface area contributed by atoms with Crippen LogP contribution in [0.25, 0.3) is 0 Å². The minimum absolute atomic E-state index is 0.717. The minimum atomic E-state index is 0.717. The summed E-state index contributed by atoms with van der Waals surface area (Å²) in [6.07, 6.45) is 6.94. The Morgan fingerprint density at radius 2 is 1.95 bits per heavy atom. The summed E-state index contributed by atoms with van der Waals surface area (Å²) in [5.74, 6) is 0.920. The van der Waals surface area contributed by atoms with Crippen molar-refractivity contribution in [2.75, 3.05) is 13.1 Å². The monoisotopic (exact) mass is 272 g/mol. The molecule has 2 nitrogen and oxygen atoms in total. The van der Waals surface area contributed by atoms with Gasteiger partial charge in [0.25, 0.3) is 0 Å². The van der Waals surface area contributed by atoms with Gasteiger partial charge in [-0.05, 0) is 30.7 Å². The Morgan fingerprint density at radius 1 is 1.10 bits per heavy atom. The fourth-order valence-corrected chi connectivity index (χ4v) is 3.87. The largest absolute Gasteiger partial charge is 0.310 e. The van der Waals surface area contributed by atoms with Crippen molar-refractivity contribution in [2.45, 2.75) is 57.7 Å². The van der Waals surface area contributed by atoms with E-state index in [9.17, 15) is 0 Å². The molecule has 0 amide bonds. The Bertz CT molecular complexity index is 403. The van der Waals surface area contributed by atoms with Gasteiger partial charge >= 0.3 is 0 Å². The van der Waals surface area contributed by atoms with E-state index >= 15 is 0 Å². The lowest BCUT2D eigenvalue weighted by molar-refractivity contribution is 0.269. The highest BCUT2D eigenvalue weighted by Gasteiger charge is 2.26. The maximum atomic E-state index is 3.92. The molecule has 1 aliphatic carbocycles. The van der Waals surface area contributed by atoms with Crippen molar-refractivity contribution < 1.29 is 0 Å². The first-order valence-electron chi connectivity index (χ1n) is 8.32. The van der Waals surface area contributed by atoms with Gasteiger partial charge in [0.2, 0.25) is 0 Å². The van der Waals surface area contributed by atoms with Crippen molar-refractivity contribution in [3.63, 3.8) is 0 Å². The van der Waals surface area contributed by atoms with Gasteiger partial charge in [-0.25, -0.2) is 0 Å². The van der Waals surface area contributed by atoms with Crippen molar-refractivity contribution >= 4 is 0 Å². The van der Waals surface area contributed by atoms with E-state index in [1.165, 1.54) is 50.8 Å². The maximum absolute atomic E-state index is 3.92. The lowest BCUT2D eigenvalue weighted by Gasteiger charge is -2.30. The van der Waals surface area contributed by atoms with E-state index in [4.69, 9.17) is 0 Å². The predicted octanol–water partition coefficient (Wildman–Crippen LogP) is 3.43. The molecule has 3 rings (SSSR count). The van der Waals surface area contributed by atoms with Crippen LogP contribution in [0.3, 0.4) is 0 Å². The number of nitrogens with zero attached hydrogens (tertiary/aromatic N) is 1. The van der Waals surface area contributed by atoms with E-state index < -0.39 is 0 Å². The molecule has 0 radical (unpaired) electrons. The molecule has 110 valence electrons. The normalized spacial score (nSPS) is 31.6. The molecule has 1 heterocycles. The molecule has 0 spiro atoms. The Morgan fingerprint density at radius 3 is 2.75 bits per heavy atom. The molecule has 1 saturated carbocycles. The summed E-state index contributed by atoms with van der Waals surface area (Å²) in [6.45, 7) is 5.99. The van der Waals surface area contributed by atoms with E-state index in [2.05, 4.69) is 47.5 Å². The molecule has 1 aromatic rings. The second-order valence-electron chi connectivity index (χ2n) is 6.84. The van der Waals surface area contributed by atoms with E-state index in [1.807, 2.05) is 0 Å². The quantitative estimate of drug-likeness (QED) is 0.903. The van der Waals surface area contributed by atoms with Gasteiger partial charge in [0.05, 0.1) is 0 Å². The zero-order valence-corrected chi connectivity index (χ0v) is 12.7. The van der Waals surface area contributed by atoms with Crippen LogP contribution in [0.4, 0.5) is 0 Å². The molecule has 3 atom stereocenters. The predicted molar refractivity (Wildman–Crippen MR) is 84.7 cm³/mol. The van der Waals surface area contributed by atoms with Gasteiger partial charge in [-0.2, -0.15) is 0 Å². The molecule has 1 N–H and O–H groups in total. The summed E-state index contributed by atoms with van der Waals surface area (Å²) in [7, 11) is 0. The van der Waals surface area contributed by atoms with Crippen molar-refractivity contribution in [3.8, 4) is 0 Å². The molecule has 2 fully saturated rings. The number of rotatable bonds is 4. The smallest absolute Gasteiger partial charge is 0.0234 e. The number of hydrogen-bond acceptors (Lipinski definition) is 2. The number of nitrogens with one attached hydrogen (secondary N) is 1. The van der Waals surface area contributed by atoms with Crippen LogP contribution in [0.1, 0.15) is 44.6 Å². The summed E-state index contributed by atoms with van der Waals surface area (Å²) in [6, 6.07) is 12.4. The van der Waals surface area contributed by atoms with Crippen LogP contribution in [0.5, 0.6) is 0 Å². The maximum Gasteiger partial charge on any atom is 0.0234 e. The van der Waals surface area contributed by atoms with Crippen LogP contribution >= 0.6 is 0 Å². The van der Waals surface area contributed by atoms with Gasteiger partial charge in [-0.1, -0.05) is 50.1 Å². The number of hydrogen-bond donors (Lipinski definition) is 1. The highest BCUT2D eigenvalue weighted by atomic mass is 15.2. The third-order valence-corrected chi connectivity index (χ3v) is 4.93. The summed E-state index contributed by atoms with van der Waals surface area (Å²) >= 11 is 0. The first kappa shape index (κ1) is 14.1. The molecule has 0 aromatic heterocycles. The van der Waals surface area contributed by atoms with Gasteiger partial charge in [0.15, 0.2) is 0 Å². The summed E-state index contributed by atoms with van der Waals surface area (Å²) in [5, 5.41) is 3.92. The second kappa shape index (κ2) is 6.73. The summed E-state index contributed by atoms with van der Waals surface area (Å²) < 4.78 is 0. The Balaban J connectivity index is 1.45.